The molecule has 0 unspecified atom stereocenters. The molecule has 16 nitrogen and oxygen atoms in total. The summed E-state index contributed by atoms with van der Waals surface area (Å²) < 4.78 is 13.5. The second-order valence-corrected chi connectivity index (χ2v) is 8.80. The minimum Gasteiger partial charge on any atom is -0.532 e. The maximum absolute atomic E-state index is 11.0. The number of carboxylic acid groups (broad SMARTS) is 1. The van der Waals surface area contributed by atoms with Gasteiger partial charge in [0, 0.05) is 70.3 Å². The van der Waals surface area contributed by atoms with Gasteiger partial charge in [0.1, 0.15) is 0 Å². The van der Waals surface area contributed by atoms with Gasteiger partial charge in [-0.2, -0.15) is 19.2 Å². The topological polar surface area (TPSA) is 242 Å². The second-order valence-electron chi connectivity index (χ2n) is 8.80. The molecule has 4 rings (SSSR count). The van der Waals surface area contributed by atoms with E-state index in [9.17, 15) is 19.2 Å². The number of hydrogen-bond acceptors (Lipinski definition) is 11. The largest absolute Gasteiger partial charge is 0.532 e. The van der Waals surface area contributed by atoms with Crippen molar-refractivity contribution in [2.45, 2.75) is 21.3 Å². The molecule has 7 N–H and O–H groups in total. The molecule has 21 heteroatoms. The standard InChI is InChI=1S/2C9H10O2.C7H6BNO2.C7H6O2.3C2H4NO.CH5N.CH4.HI.3W.H2/c2*1-2-11-9(10)8-6-4-3-5-7-8;8-11-7(10)9-6-4-2-1-3-5-6;8-7(9)6-4-2-1-3-5-6;3*1-3-2-4;1-2;;;;;;/h2*3-7H,2H2,1H3;1-5H,(H,9,10);1-5H,(H,8,9);3*1H3,(H,3,4);2H2,1H3;1H4;1H;;;;1H/q;;;;3*-1;;;;;;;. The van der Waals surface area contributed by atoms with Crippen molar-refractivity contribution in [1.82, 2.24) is 16.0 Å². The van der Waals surface area contributed by atoms with Crippen LogP contribution in [0.4, 0.5) is 10.5 Å². The Kier molecular flexibility index (Phi) is 79.2. The van der Waals surface area contributed by atoms with Crippen LogP contribution < -0.4 is 27.0 Å². The molecular formula is C40H56BIN5O11W3-3. The fraction of sp³-hybridized carbons (Fsp3) is 0.225. The number of nitrogens with one attached hydrogen (secondary N) is 4. The van der Waals surface area contributed by atoms with Gasteiger partial charge in [-0.25, -0.2) is 19.2 Å². The van der Waals surface area contributed by atoms with Crippen LogP contribution in [0.2, 0.25) is 0 Å². The van der Waals surface area contributed by atoms with E-state index in [1.54, 1.807) is 92.7 Å². The molecule has 0 aliphatic rings. The summed E-state index contributed by atoms with van der Waals surface area (Å²) >= 11 is 0. The maximum atomic E-state index is 11.0. The molecule has 4 aromatic rings. The fourth-order valence-corrected chi connectivity index (χ4v) is 2.83. The second kappa shape index (κ2) is 62.4. The van der Waals surface area contributed by atoms with Crippen molar-refractivity contribution in [1.29, 1.82) is 0 Å². The number of carbonyl (C=O) groups is 4. The van der Waals surface area contributed by atoms with Crippen molar-refractivity contribution >= 4 is 80.9 Å². The molecule has 0 aromatic heterocycles. The van der Waals surface area contributed by atoms with E-state index in [1.807, 2.05) is 42.5 Å². The van der Waals surface area contributed by atoms with E-state index < -0.39 is 12.1 Å². The van der Waals surface area contributed by atoms with E-state index >= 15 is 0 Å². The summed E-state index contributed by atoms with van der Waals surface area (Å²) in [4.78, 5) is 69.6. The van der Waals surface area contributed by atoms with Crippen LogP contribution in [0.5, 0.6) is 0 Å². The number of rotatable bonds is 9. The molecule has 0 saturated carbocycles. The van der Waals surface area contributed by atoms with Crippen molar-refractivity contribution in [3.8, 4) is 0 Å². The van der Waals surface area contributed by atoms with E-state index in [2.05, 4.69) is 39.7 Å². The molecular weight excluding hydrogens is 1420 g/mol. The molecule has 0 bridgehead atoms. The Morgan fingerprint density at radius 2 is 0.836 bits per heavy atom. The molecule has 0 spiro atoms. The number of esters is 2. The van der Waals surface area contributed by atoms with Crippen LogP contribution >= 0.6 is 24.0 Å². The Hall–Kier alpha value is -4.21. The normalized spacial score (nSPS) is 7.33. The summed E-state index contributed by atoms with van der Waals surface area (Å²) in [5, 5.41) is 17.2. The number of hydrogen-bond donors (Lipinski definition) is 6. The molecule has 0 heterocycles. The molecule has 0 aliphatic heterocycles. The zero-order valence-corrected chi connectivity index (χ0v) is 44.9. The summed E-state index contributed by atoms with van der Waals surface area (Å²) in [5.41, 5.74) is 6.70. The van der Waals surface area contributed by atoms with Crippen molar-refractivity contribution in [3.63, 3.8) is 0 Å². The van der Waals surface area contributed by atoms with Crippen LogP contribution in [0.15, 0.2) is 121 Å². The first-order chi connectivity index (χ1) is 27.1. The number of nitrogens with two attached hydrogens (primary N) is 1. The monoisotopic (exact) mass is 1470 g/mol. The van der Waals surface area contributed by atoms with Crippen LogP contribution in [0.1, 0.15) is 53.8 Å². The molecule has 4 amide bonds. The SMILES string of the molecule is C.CCOC(=O)c1ccccc1.CCOC(=O)c1ccccc1.CN.CN[C-]=O.CN[C-]=O.CN[C-]=O.I.O=C(O)c1ccccc1.[B]OC(=O)Nc1ccccc1.[HH].[W].[W].[W]. The summed E-state index contributed by atoms with van der Waals surface area (Å²) in [6, 6.07) is 35.1. The van der Waals surface area contributed by atoms with Crippen LogP contribution in [0.3, 0.4) is 0 Å². The van der Waals surface area contributed by atoms with Crippen LogP contribution in [0.25, 0.3) is 0 Å². The average Bonchev–Trinajstić information content (AvgIpc) is 3.26. The number of ether oxygens (including phenoxy) is 2. The molecule has 0 atom stereocenters. The third-order valence-corrected chi connectivity index (χ3v) is 5.02. The van der Waals surface area contributed by atoms with Gasteiger partial charge < -0.3 is 55.3 Å². The van der Waals surface area contributed by atoms with E-state index in [0.29, 0.717) is 35.6 Å². The Morgan fingerprint density at radius 3 is 1.03 bits per heavy atom. The fourth-order valence-electron chi connectivity index (χ4n) is 2.83. The first kappa shape index (κ1) is 77.4. The number of carboxylic acids is 1. The summed E-state index contributed by atoms with van der Waals surface area (Å²) in [7, 11) is 10.6. The Balaban J connectivity index is -0.0000000643. The van der Waals surface area contributed by atoms with Gasteiger partial charge in [-0.1, -0.05) is 80.2 Å². The molecule has 61 heavy (non-hydrogen) atoms. The predicted molar refractivity (Wildman–Crippen MR) is 239 cm³/mol. The van der Waals surface area contributed by atoms with Crippen molar-refractivity contribution < 1.29 is 117 Å². The molecule has 0 aliphatic carbocycles. The smallest absolute Gasteiger partial charge is 0.392 e. The minimum atomic E-state index is -0.879. The zero-order chi connectivity index (χ0) is 43.2. The maximum Gasteiger partial charge on any atom is 0.392 e. The Labute approximate surface area is 422 Å². The molecule has 0 saturated heterocycles. The third-order valence-electron chi connectivity index (χ3n) is 5.02. The molecule has 2 radical (unpaired) electrons. The number of amides is 4. The summed E-state index contributed by atoms with van der Waals surface area (Å²) in [5.74, 6) is -1.39. The quantitative estimate of drug-likeness (QED) is 0.0411. The average molecular weight is 1470 g/mol. The molecule has 338 valence electrons. The third kappa shape index (κ3) is 53.8. The van der Waals surface area contributed by atoms with E-state index in [-0.39, 0.29) is 108 Å². The van der Waals surface area contributed by atoms with Crippen molar-refractivity contribution in [2.24, 2.45) is 5.73 Å². The molecule has 0 fully saturated rings. The van der Waals surface area contributed by atoms with Gasteiger partial charge in [0.05, 0.1) is 29.9 Å². The Bertz CT molecular complexity index is 1500. The van der Waals surface area contributed by atoms with Gasteiger partial charge in [-0.3, -0.25) is 5.32 Å². The number of carbonyl (C=O) groups excluding carboxylic acids is 6. The molecule has 4 aromatic carbocycles. The first-order valence-electron chi connectivity index (χ1n) is 16.2. The van der Waals surface area contributed by atoms with Crippen LogP contribution in [-0.4, -0.2) is 97.8 Å². The number of para-hydroxylation sites is 1. The number of benzene rings is 4. The van der Waals surface area contributed by atoms with Crippen molar-refractivity contribution in [2.75, 3.05) is 46.7 Å². The van der Waals surface area contributed by atoms with Crippen molar-refractivity contribution in [3.05, 3.63) is 138 Å². The van der Waals surface area contributed by atoms with Gasteiger partial charge >= 0.3 is 32.1 Å². The summed E-state index contributed by atoms with van der Waals surface area (Å²) in [6.45, 7) is 4.43. The van der Waals surface area contributed by atoms with E-state index in [1.165, 1.54) is 47.4 Å². The number of halogens is 1. The van der Waals surface area contributed by atoms with Gasteiger partial charge in [0.25, 0.3) is 0 Å². The van der Waals surface area contributed by atoms with Crippen LogP contribution in [0, 0.1) is 0 Å². The van der Waals surface area contributed by atoms with Gasteiger partial charge in [-0.05, 0) is 90.6 Å². The van der Waals surface area contributed by atoms with Gasteiger partial charge in [-0.15, -0.1) is 24.0 Å². The zero-order valence-electron chi connectivity index (χ0n) is 33.8. The minimum absolute atomic E-state index is 0. The predicted octanol–water partition coefficient (Wildman–Crippen LogP) is 5.32. The summed E-state index contributed by atoms with van der Waals surface area (Å²) in [6.07, 6.45) is 3.62. The Morgan fingerprint density at radius 1 is 0.590 bits per heavy atom. The number of anilines is 1. The van der Waals surface area contributed by atoms with E-state index in [0.717, 1.165) is 0 Å². The first-order valence-corrected chi connectivity index (χ1v) is 16.2. The van der Waals surface area contributed by atoms with Gasteiger partial charge in [0.2, 0.25) is 0 Å². The van der Waals surface area contributed by atoms with Crippen LogP contribution in [-0.2, 0) is 91.7 Å². The van der Waals surface area contributed by atoms with Gasteiger partial charge in [0.15, 0.2) is 0 Å². The van der Waals surface area contributed by atoms with E-state index in [4.69, 9.17) is 29.0 Å². The number of aromatic carboxylic acids is 1.